The van der Waals surface area contributed by atoms with Gasteiger partial charge in [0.05, 0.1) is 23.8 Å². The van der Waals surface area contributed by atoms with Gasteiger partial charge in [-0.15, -0.1) is 13.2 Å². The molecule has 5 rings (SSSR count). The van der Waals surface area contributed by atoms with Crippen molar-refractivity contribution < 1.29 is 58.5 Å². The van der Waals surface area contributed by atoms with Crippen molar-refractivity contribution in [2.45, 2.75) is 37.4 Å². The molecule has 0 saturated heterocycles. The average Bonchev–Trinajstić information content (AvgIpc) is 3.59. The lowest BCUT2D eigenvalue weighted by Crippen LogP contribution is -2.16. The number of aryl methyl sites for hydroxylation is 1. The van der Waals surface area contributed by atoms with Crippen LogP contribution in [0.5, 0.6) is 5.75 Å². The van der Waals surface area contributed by atoms with Crippen LogP contribution in [0.1, 0.15) is 23.0 Å². The van der Waals surface area contributed by atoms with Crippen LogP contribution in [0.15, 0.2) is 70.1 Å². The van der Waals surface area contributed by atoms with Crippen molar-refractivity contribution >= 4 is 9.84 Å². The van der Waals surface area contributed by atoms with Gasteiger partial charge in [-0.1, -0.05) is 6.07 Å². The molecule has 0 bridgehead atoms. The van der Waals surface area contributed by atoms with Crippen LogP contribution in [0.3, 0.4) is 0 Å². The SMILES string of the molecule is Cc1nc(C(F)(F)F)cn1-c1ccc(-c2cc(F)c(CO)c(S(C)(=O)=O)c2)cc1-c1oc(CCO)nc1-c1ccc(OC(F)(F)F)cc1. The first-order valence-electron chi connectivity index (χ1n) is 13.8. The van der Waals surface area contributed by atoms with E-state index >= 15 is 4.39 Å². The molecule has 17 heteroatoms. The molecule has 48 heavy (non-hydrogen) atoms. The van der Waals surface area contributed by atoms with Crippen molar-refractivity contribution in [1.82, 2.24) is 14.5 Å². The maximum absolute atomic E-state index is 15.1. The zero-order chi connectivity index (χ0) is 35.2. The van der Waals surface area contributed by atoms with Crippen molar-refractivity contribution in [3.63, 3.8) is 0 Å². The summed E-state index contributed by atoms with van der Waals surface area (Å²) in [6, 6.07) is 10.7. The topological polar surface area (TPSA) is 128 Å². The Morgan fingerprint density at radius 3 is 2.15 bits per heavy atom. The fourth-order valence-corrected chi connectivity index (χ4v) is 5.93. The number of sulfone groups is 1. The highest BCUT2D eigenvalue weighted by Gasteiger charge is 2.35. The smallest absolute Gasteiger partial charge is 0.440 e. The van der Waals surface area contributed by atoms with Crippen LogP contribution in [-0.2, 0) is 29.0 Å². The average molecular weight is 700 g/mol. The summed E-state index contributed by atoms with van der Waals surface area (Å²) in [6.07, 6.45) is -8.33. The number of alkyl halides is 6. The number of hydrogen-bond donors (Lipinski definition) is 2. The van der Waals surface area contributed by atoms with Crippen LogP contribution in [0.2, 0.25) is 0 Å². The standard InChI is InChI=1S/C31H24F7N3O6S/c1-16-39-26(30(33,34)35)14-41(16)24-8-5-18(19-12-23(32)22(15-43)25(13-19)48(2,44)45)11-21(24)29-28(40-27(46-29)9-10-42)17-3-6-20(7-4-17)47-31(36,37)38/h3-8,11-14,42-43H,9-10,15H2,1-2H3. The Hall–Kier alpha value is -4.74. The molecule has 2 heterocycles. The number of aliphatic hydroxyl groups excluding tert-OH is 2. The summed E-state index contributed by atoms with van der Waals surface area (Å²) < 4.78 is 130. The molecule has 0 saturated carbocycles. The first kappa shape index (κ1) is 34.6. The zero-order valence-electron chi connectivity index (χ0n) is 24.8. The van der Waals surface area contributed by atoms with Crippen LogP contribution in [0, 0.1) is 12.7 Å². The van der Waals surface area contributed by atoms with Gasteiger partial charge in [-0.05, 0) is 66.6 Å². The molecule has 0 fully saturated rings. The molecule has 0 aliphatic carbocycles. The summed E-state index contributed by atoms with van der Waals surface area (Å²) in [5, 5.41) is 19.2. The molecule has 0 spiro atoms. The largest absolute Gasteiger partial charge is 0.573 e. The zero-order valence-corrected chi connectivity index (χ0v) is 25.6. The van der Waals surface area contributed by atoms with E-state index in [4.69, 9.17) is 4.42 Å². The summed E-state index contributed by atoms with van der Waals surface area (Å²) in [5.41, 5.74) is -1.19. The molecule has 0 unspecified atom stereocenters. The number of aromatic nitrogens is 3. The van der Waals surface area contributed by atoms with Crippen LogP contribution in [0.25, 0.3) is 39.4 Å². The Kier molecular flexibility index (Phi) is 9.15. The highest BCUT2D eigenvalue weighted by molar-refractivity contribution is 7.90. The Balaban J connectivity index is 1.78. The third-order valence-electron chi connectivity index (χ3n) is 7.08. The number of imidazole rings is 1. The van der Waals surface area contributed by atoms with E-state index in [9.17, 15) is 45.0 Å². The molecule has 9 nitrogen and oxygen atoms in total. The van der Waals surface area contributed by atoms with E-state index in [0.29, 0.717) is 0 Å². The van der Waals surface area contributed by atoms with Crippen molar-refractivity contribution in [2.75, 3.05) is 12.9 Å². The van der Waals surface area contributed by atoms with Gasteiger partial charge >= 0.3 is 12.5 Å². The summed E-state index contributed by atoms with van der Waals surface area (Å²) in [7, 11) is -4.04. The van der Waals surface area contributed by atoms with Crippen LogP contribution in [-0.4, -0.2) is 52.4 Å². The van der Waals surface area contributed by atoms with Crippen molar-refractivity contribution in [1.29, 1.82) is 0 Å². The van der Waals surface area contributed by atoms with Crippen LogP contribution in [0.4, 0.5) is 30.7 Å². The third-order valence-corrected chi connectivity index (χ3v) is 8.24. The van der Waals surface area contributed by atoms with Gasteiger partial charge in [-0.2, -0.15) is 13.2 Å². The van der Waals surface area contributed by atoms with Crippen LogP contribution < -0.4 is 4.74 Å². The fourth-order valence-electron chi connectivity index (χ4n) is 4.98. The van der Waals surface area contributed by atoms with E-state index in [-0.39, 0.29) is 57.5 Å². The molecular formula is C31H24F7N3O6S. The second kappa shape index (κ2) is 12.7. The van der Waals surface area contributed by atoms with Crippen molar-refractivity contribution in [2.24, 2.45) is 0 Å². The maximum atomic E-state index is 15.1. The Labute approximate surface area is 267 Å². The quantitative estimate of drug-likeness (QED) is 0.164. The second-order valence-corrected chi connectivity index (χ2v) is 12.5. The lowest BCUT2D eigenvalue weighted by molar-refractivity contribution is -0.274. The number of oxazole rings is 1. The summed E-state index contributed by atoms with van der Waals surface area (Å²) in [6.45, 7) is -0.0286. The van der Waals surface area contributed by atoms with E-state index in [0.717, 1.165) is 41.3 Å². The minimum Gasteiger partial charge on any atom is -0.440 e. The maximum Gasteiger partial charge on any atom is 0.573 e. The first-order valence-corrected chi connectivity index (χ1v) is 15.7. The van der Waals surface area contributed by atoms with E-state index in [1.54, 1.807) is 0 Å². The molecule has 254 valence electrons. The van der Waals surface area contributed by atoms with E-state index < -0.39 is 63.3 Å². The second-order valence-electron chi connectivity index (χ2n) is 10.5. The number of halogens is 7. The van der Waals surface area contributed by atoms with E-state index in [1.165, 1.54) is 37.3 Å². The number of rotatable bonds is 9. The monoisotopic (exact) mass is 699 g/mol. The molecule has 0 aliphatic heterocycles. The lowest BCUT2D eigenvalue weighted by Gasteiger charge is -2.15. The highest BCUT2D eigenvalue weighted by Crippen LogP contribution is 2.41. The Bertz CT molecular complexity index is 2090. The number of nitrogens with zero attached hydrogens (tertiary/aromatic N) is 3. The van der Waals surface area contributed by atoms with E-state index in [1.807, 2.05) is 0 Å². The third kappa shape index (κ3) is 7.22. The number of hydrogen-bond acceptors (Lipinski definition) is 8. The molecule has 2 aromatic heterocycles. The summed E-state index contributed by atoms with van der Waals surface area (Å²) >= 11 is 0. The van der Waals surface area contributed by atoms with Crippen LogP contribution >= 0.6 is 0 Å². The summed E-state index contributed by atoms with van der Waals surface area (Å²) in [5.74, 6) is -1.81. The Morgan fingerprint density at radius 1 is 0.917 bits per heavy atom. The normalized spacial score (nSPS) is 12.5. The molecule has 0 atom stereocenters. The predicted molar refractivity (Wildman–Crippen MR) is 156 cm³/mol. The van der Waals surface area contributed by atoms with Gasteiger partial charge in [0.2, 0.25) is 0 Å². The van der Waals surface area contributed by atoms with Gasteiger partial charge in [-0.3, -0.25) is 0 Å². The van der Waals surface area contributed by atoms with Gasteiger partial charge in [-0.25, -0.2) is 22.8 Å². The van der Waals surface area contributed by atoms with Gasteiger partial charge in [0.25, 0.3) is 0 Å². The van der Waals surface area contributed by atoms with Gasteiger partial charge in [0, 0.05) is 35.6 Å². The van der Waals surface area contributed by atoms with Gasteiger partial charge in [0.15, 0.2) is 27.2 Å². The highest BCUT2D eigenvalue weighted by atomic mass is 32.2. The summed E-state index contributed by atoms with van der Waals surface area (Å²) in [4.78, 5) is 7.50. The Morgan fingerprint density at radius 2 is 1.58 bits per heavy atom. The molecule has 2 N–H and O–H groups in total. The van der Waals surface area contributed by atoms with Crippen molar-refractivity contribution in [3.05, 3.63) is 89.6 Å². The van der Waals surface area contributed by atoms with Gasteiger partial charge in [0.1, 0.15) is 23.1 Å². The predicted octanol–water partition coefficient (Wildman–Crippen LogP) is 6.66. The molecule has 0 amide bonds. The molecule has 3 aromatic carbocycles. The number of benzene rings is 3. The number of aliphatic hydroxyl groups is 2. The van der Waals surface area contributed by atoms with Gasteiger partial charge < -0.3 is 23.9 Å². The van der Waals surface area contributed by atoms with E-state index in [2.05, 4.69) is 14.7 Å². The first-order chi connectivity index (χ1) is 22.4. The number of ether oxygens (including phenoxy) is 1. The minimum atomic E-state index is -4.96. The van der Waals surface area contributed by atoms with Crippen molar-refractivity contribution in [3.8, 4) is 45.1 Å². The fraction of sp³-hybridized carbons (Fsp3) is 0.226. The molecule has 5 aromatic rings. The lowest BCUT2D eigenvalue weighted by atomic mass is 9.97. The molecule has 0 aliphatic rings. The minimum absolute atomic E-state index is 0.0153. The molecule has 0 radical (unpaired) electrons. The molecular weight excluding hydrogens is 675 g/mol.